The number of aromatic nitrogens is 2. The summed E-state index contributed by atoms with van der Waals surface area (Å²) in [5.74, 6) is 1.19. The number of benzene rings is 1. The van der Waals surface area contributed by atoms with E-state index in [4.69, 9.17) is 9.47 Å². The van der Waals surface area contributed by atoms with E-state index >= 15 is 0 Å². The fraction of sp³-hybridized carbons (Fsp3) is 0.115. The van der Waals surface area contributed by atoms with Gasteiger partial charge >= 0.3 is 0 Å². The molecule has 160 valence electrons. The summed E-state index contributed by atoms with van der Waals surface area (Å²) in [5, 5.41) is 3.84. The lowest BCUT2D eigenvalue weighted by molar-refractivity contribution is -0.119. The first kappa shape index (κ1) is 21.1. The van der Waals surface area contributed by atoms with Gasteiger partial charge in [-0.1, -0.05) is 36.4 Å². The van der Waals surface area contributed by atoms with Gasteiger partial charge in [-0.3, -0.25) is 14.8 Å². The fourth-order valence-corrected chi connectivity index (χ4v) is 3.34. The number of ether oxygens (including phenoxy) is 2. The third-order valence-corrected chi connectivity index (χ3v) is 4.95. The van der Waals surface area contributed by atoms with Crippen LogP contribution in [0.1, 0.15) is 5.56 Å². The van der Waals surface area contributed by atoms with Gasteiger partial charge in [-0.15, -0.1) is 0 Å². The highest BCUT2D eigenvalue weighted by Gasteiger charge is 2.10. The molecule has 6 nitrogen and oxygen atoms in total. The number of nitrogens with one attached hydrogen (secondary N) is 1. The fourth-order valence-electron chi connectivity index (χ4n) is 3.34. The van der Waals surface area contributed by atoms with Crippen molar-refractivity contribution in [3.63, 3.8) is 0 Å². The molecule has 0 bridgehead atoms. The minimum atomic E-state index is -0.0955. The predicted octanol–water partition coefficient (Wildman–Crippen LogP) is 4.54. The highest BCUT2D eigenvalue weighted by molar-refractivity contribution is 5.86. The molecule has 0 saturated carbocycles. The summed E-state index contributed by atoms with van der Waals surface area (Å²) >= 11 is 0. The minimum absolute atomic E-state index is 0.0955. The monoisotopic (exact) mass is 425 g/mol. The summed E-state index contributed by atoms with van der Waals surface area (Å²) in [6.45, 7) is 0. The van der Waals surface area contributed by atoms with Gasteiger partial charge in [0.25, 0.3) is 0 Å². The standard InChI is InChI=1S/C26H23N3O3/c1-31-24-14-19-13-20(17-28-23(19)15-25(24)32-2)22-11-10-18(16-27-22)12-26(30)29-21-8-6-4-3-5-7-9-21/h3-11,13-17H,12H2,1-2H3,(H,29,30)/b4-3-,5-3?,6-4?,7-5-,8-6-,9-7?,21-8?,21-9+. The van der Waals surface area contributed by atoms with E-state index in [-0.39, 0.29) is 12.3 Å². The third-order valence-electron chi connectivity index (χ3n) is 4.95. The zero-order chi connectivity index (χ0) is 22.3. The van der Waals surface area contributed by atoms with E-state index in [0.717, 1.165) is 33.4 Å². The first-order valence-corrected chi connectivity index (χ1v) is 10.1. The van der Waals surface area contributed by atoms with Crippen molar-refractivity contribution in [3.8, 4) is 22.8 Å². The smallest absolute Gasteiger partial charge is 0.228 e. The van der Waals surface area contributed by atoms with Crippen molar-refractivity contribution in [1.29, 1.82) is 0 Å². The number of allylic oxidation sites excluding steroid dienone is 7. The molecule has 6 heteroatoms. The largest absolute Gasteiger partial charge is 0.493 e. The van der Waals surface area contributed by atoms with Crippen LogP contribution in [-0.4, -0.2) is 30.1 Å². The van der Waals surface area contributed by atoms with E-state index in [0.29, 0.717) is 11.5 Å². The van der Waals surface area contributed by atoms with Gasteiger partial charge in [0.2, 0.25) is 5.91 Å². The van der Waals surface area contributed by atoms with E-state index in [2.05, 4.69) is 15.3 Å². The maximum Gasteiger partial charge on any atom is 0.228 e. The molecule has 1 amide bonds. The van der Waals surface area contributed by atoms with E-state index in [1.807, 2.05) is 72.9 Å². The van der Waals surface area contributed by atoms with Gasteiger partial charge in [-0.25, -0.2) is 0 Å². The summed E-state index contributed by atoms with van der Waals surface area (Å²) in [6.07, 6.45) is 17.0. The first-order chi connectivity index (χ1) is 15.7. The van der Waals surface area contributed by atoms with Gasteiger partial charge in [-0.05, 0) is 35.9 Å². The first-order valence-electron chi connectivity index (χ1n) is 10.1. The molecule has 0 aliphatic heterocycles. The molecule has 1 aliphatic carbocycles. The van der Waals surface area contributed by atoms with E-state index in [1.165, 1.54) is 0 Å². The van der Waals surface area contributed by atoms with Crippen molar-refractivity contribution in [3.05, 3.63) is 96.5 Å². The van der Waals surface area contributed by atoms with Crippen molar-refractivity contribution in [2.45, 2.75) is 6.42 Å². The molecule has 1 N–H and O–H groups in total. The maximum absolute atomic E-state index is 12.4. The molecule has 0 saturated heterocycles. The second kappa shape index (κ2) is 9.75. The number of pyridine rings is 2. The normalized spacial score (nSPS) is 17.4. The quantitative estimate of drug-likeness (QED) is 0.628. The van der Waals surface area contributed by atoms with E-state index < -0.39 is 0 Å². The Bertz CT molecular complexity index is 1260. The number of nitrogens with zero attached hydrogens (tertiary/aromatic N) is 2. The average molecular weight is 425 g/mol. The summed E-state index contributed by atoms with van der Waals surface area (Å²) in [4.78, 5) is 21.5. The number of fused-ring (bicyclic) bond motifs is 1. The minimum Gasteiger partial charge on any atom is -0.493 e. The van der Waals surface area contributed by atoms with E-state index in [1.54, 1.807) is 26.6 Å². The molecule has 1 aromatic carbocycles. The second-order valence-electron chi connectivity index (χ2n) is 7.15. The Morgan fingerprint density at radius 2 is 1.69 bits per heavy atom. The Kier molecular flexibility index (Phi) is 6.41. The van der Waals surface area contributed by atoms with Crippen molar-refractivity contribution >= 4 is 16.8 Å². The third kappa shape index (κ3) is 4.92. The molecular weight excluding hydrogens is 402 g/mol. The average Bonchev–Trinajstić information content (AvgIpc) is 2.80. The summed E-state index contributed by atoms with van der Waals surface area (Å²) < 4.78 is 10.7. The lowest BCUT2D eigenvalue weighted by atomic mass is 10.1. The highest BCUT2D eigenvalue weighted by Crippen LogP contribution is 2.32. The van der Waals surface area contributed by atoms with Crippen LogP contribution in [0.5, 0.6) is 11.5 Å². The van der Waals surface area contributed by atoms with Gasteiger partial charge < -0.3 is 14.8 Å². The number of hydrogen-bond acceptors (Lipinski definition) is 5. The van der Waals surface area contributed by atoms with Crippen molar-refractivity contribution in [1.82, 2.24) is 15.3 Å². The van der Waals surface area contributed by atoms with Crippen LogP contribution in [0.3, 0.4) is 0 Å². The zero-order valence-electron chi connectivity index (χ0n) is 17.9. The van der Waals surface area contributed by atoms with E-state index in [9.17, 15) is 4.79 Å². The van der Waals surface area contributed by atoms with Gasteiger partial charge in [0.05, 0.1) is 31.9 Å². The molecule has 4 rings (SSSR count). The molecule has 2 heterocycles. The zero-order valence-corrected chi connectivity index (χ0v) is 17.9. The Morgan fingerprint density at radius 3 is 2.47 bits per heavy atom. The van der Waals surface area contributed by atoms with Crippen molar-refractivity contribution in [2.24, 2.45) is 0 Å². The Labute approximate surface area is 186 Å². The maximum atomic E-state index is 12.4. The molecule has 3 aromatic rings. The summed E-state index contributed by atoms with van der Waals surface area (Å²) in [5.41, 5.74) is 4.04. The Morgan fingerprint density at radius 1 is 0.906 bits per heavy atom. The molecule has 0 fully saturated rings. The second-order valence-corrected chi connectivity index (χ2v) is 7.15. The van der Waals surface area contributed by atoms with Crippen LogP contribution < -0.4 is 14.8 Å². The van der Waals surface area contributed by atoms with Crippen LogP contribution >= 0.6 is 0 Å². The van der Waals surface area contributed by atoms with Gasteiger partial charge in [0, 0.05) is 35.1 Å². The number of amides is 1. The van der Waals surface area contributed by atoms with Crippen LogP contribution in [0.4, 0.5) is 0 Å². The summed E-state index contributed by atoms with van der Waals surface area (Å²) in [7, 11) is 3.21. The molecule has 0 radical (unpaired) electrons. The highest BCUT2D eigenvalue weighted by atomic mass is 16.5. The topological polar surface area (TPSA) is 73.3 Å². The number of hydrogen-bond donors (Lipinski definition) is 1. The molecule has 1 aliphatic rings. The van der Waals surface area contributed by atoms with Crippen molar-refractivity contribution < 1.29 is 14.3 Å². The molecule has 0 atom stereocenters. The number of methoxy groups -OCH3 is 2. The van der Waals surface area contributed by atoms with Crippen LogP contribution in [0.2, 0.25) is 0 Å². The Hall–Kier alpha value is -4.19. The van der Waals surface area contributed by atoms with Crippen LogP contribution in [0.25, 0.3) is 22.2 Å². The molecule has 0 spiro atoms. The van der Waals surface area contributed by atoms with Gasteiger partial charge in [0.1, 0.15) is 0 Å². The lowest BCUT2D eigenvalue weighted by Crippen LogP contribution is -2.23. The molecular formula is C26H23N3O3. The van der Waals surface area contributed by atoms with Gasteiger partial charge in [-0.2, -0.15) is 0 Å². The molecule has 0 unspecified atom stereocenters. The molecule has 2 aromatic heterocycles. The SMILES string of the molecule is COc1cc2cc(-c3ccc(CC(=O)NC4=C/C=C\C=C/C=C\4)cn3)cnc2cc1OC. The summed E-state index contributed by atoms with van der Waals surface area (Å²) in [6, 6.07) is 9.56. The predicted molar refractivity (Wildman–Crippen MR) is 125 cm³/mol. The van der Waals surface area contributed by atoms with Crippen LogP contribution in [-0.2, 0) is 11.2 Å². The number of carbonyl (C=O) groups excluding carboxylic acids is 1. The molecule has 32 heavy (non-hydrogen) atoms. The number of rotatable bonds is 6. The van der Waals surface area contributed by atoms with Crippen LogP contribution in [0, 0.1) is 0 Å². The number of carbonyl (C=O) groups is 1. The Balaban J connectivity index is 1.48. The van der Waals surface area contributed by atoms with Crippen molar-refractivity contribution in [2.75, 3.05) is 14.2 Å². The van der Waals surface area contributed by atoms with Crippen LogP contribution in [0.15, 0.2) is 91.0 Å². The lowest BCUT2D eigenvalue weighted by Gasteiger charge is -2.10. The van der Waals surface area contributed by atoms with Gasteiger partial charge in [0.15, 0.2) is 11.5 Å².